The second-order valence-electron chi connectivity index (χ2n) is 6.74. The first-order valence-corrected chi connectivity index (χ1v) is 9.25. The van der Waals surface area contributed by atoms with E-state index < -0.39 is 22.4 Å². The van der Waals surface area contributed by atoms with Gasteiger partial charge in [-0.1, -0.05) is 12.1 Å². The number of nitrogens with zero attached hydrogens (tertiary/aromatic N) is 2. The topological polar surface area (TPSA) is 64.8 Å². The Bertz CT molecular complexity index is 852. The zero-order chi connectivity index (χ0) is 20.9. The van der Waals surface area contributed by atoms with Crippen molar-refractivity contribution in [3.8, 4) is 11.5 Å². The number of hydrogen-bond acceptors (Lipinski definition) is 5. The molecular formula is C20H21F3N2O4. The second kappa shape index (κ2) is 9.23. The van der Waals surface area contributed by atoms with Crippen molar-refractivity contribution in [2.75, 3.05) is 32.8 Å². The van der Waals surface area contributed by atoms with E-state index in [2.05, 4.69) is 4.90 Å². The van der Waals surface area contributed by atoms with Crippen LogP contribution in [0.25, 0.3) is 0 Å². The summed E-state index contributed by atoms with van der Waals surface area (Å²) in [4.78, 5) is 12.6. The number of hydrogen-bond donors (Lipinski definition) is 0. The number of alkyl halides is 3. The van der Waals surface area contributed by atoms with Crippen molar-refractivity contribution in [2.45, 2.75) is 19.0 Å². The second-order valence-corrected chi connectivity index (χ2v) is 6.74. The van der Waals surface area contributed by atoms with Crippen molar-refractivity contribution in [3.05, 3.63) is 63.7 Å². The predicted molar refractivity (Wildman–Crippen MR) is 100 cm³/mol. The molecule has 2 aromatic rings. The van der Waals surface area contributed by atoms with Crippen LogP contribution in [0.2, 0.25) is 0 Å². The summed E-state index contributed by atoms with van der Waals surface area (Å²) in [5, 5.41) is 11.2. The first-order valence-electron chi connectivity index (χ1n) is 9.25. The van der Waals surface area contributed by atoms with E-state index in [0.717, 1.165) is 63.4 Å². The zero-order valence-electron chi connectivity index (χ0n) is 15.7. The molecule has 1 saturated heterocycles. The van der Waals surface area contributed by atoms with Crippen LogP contribution in [-0.2, 0) is 17.3 Å². The largest absolute Gasteiger partial charge is 0.450 e. The summed E-state index contributed by atoms with van der Waals surface area (Å²) >= 11 is 0. The fourth-order valence-corrected chi connectivity index (χ4v) is 3.15. The highest BCUT2D eigenvalue weighted by Crippen LogP contribution is 2.37. The van der Waals surface area contributed by atoms with Gasteiger partial charge in [-0.05, 0) is 49.2 Å². The van der Waals surface area contributed by atoms with Crippen molar-refractivity contribution in [2.24, 2.45) is 0 Å². The number of benzene rings is 2. The molecule has 6 nitrogen and oxygen atoms in total. The molecular weight excluding hydrogens is 389 g/mol. The number of ether oxygens (including phenoxy) is 2. The maximum Gasteiger partial charge on any atom is 0.416 e. The van der Waals surface area contributed by atoms with Gasteiger partial charge in [-0.15, -0.1) is 0 Å². The fraction of sp³-hybridized carbons (Fsp3) is 0.400. The molecule has 0 bridgehead atoms. The number of nitro groups is 1. The Hall–Kier alpha value is -2.65. The average Bonchev–Trinajstić information content (AvgIpc) is 2.68. The maximum absolute atomic E-state index is 12.8. The monoisotopic (exact) mass is 410 g/mol. The van der Waals surface area contributed by atoms with Crippen molar-refractivity contribution in [1.82, 2.24) is 4.90 Å². The lowest BCUT2D eigenvalue weighted by atomic mass is 10.1. The number of aryl methyl sites for hydroxylation is 1. The zero-order valence-corrected chi connectivity index (χ0v) is 15.7. The lowest BCUT2D eigenvalue weighted by Crippen LogP contribution is -2.36. The van der Waals surface area contributed by atoms with Crippen LogP contribution in [0.4, 0.5) is 18.9 Å². The number of halogens is 3. The van der Waals surface area contributed by atoms with Gasteiger partial charge in [-0.2, -0.15) is 13.2 Å². The van der Waals surface area contributed by atoms with E-state index in [1.54, 1.807) is 18.2 Å². The van der Waals surface area contributed by atoms with Gasteiger partial charge in [0, 0.05) is 19.2 Å². The molecule has 29 heavy (non-hydrogen) atoms. The molecule has 0 aliphatic carbocycles. The minimum absolute atomic E-state index is 0.228. The molecule has 1 heterocycles. The first kappa shape index (κ1) is 21.1. The molecule has 0 spiro atoms. The summed E-state index contributed by atoms with van der Waals surface area (Å²) in [5.74, 6) is 0.116. The summed E-state index contributed by atoms with van der Waals surface area (Å²) in [5.41, 5.74) is -0.823. The van der Waals surface area contributed by atoms with Crippen LogP contribution in [0.5, 0.6) is 11.5 Å². The molecule has 0 unspecified atom stereocenters. The van der Waals surface area contributed by atoms with Gasteiger partial charge in [-0.3, -0.25) is 15.0 Å². The molecule has 0 amide bonds. The fourth-order valence-electron chi connectivity index (χ4n) is 3.15. The Morgan fingerprint density at radius 2 is 1.90 bits per heavy atom. The standard InChI is InChI=1S/C20H21F3N2O4/c21-20(22,23)16-6-7-19(18(14-16)25(26)27)29-17-5-1-3-15(13-17)4-2-8-24-9-11-28-12-10-24/h1,3,5-7,13-14H,2,4,8-12H2. The predicted octanol–water partition coefficient (Wildman–Crippen LogP) is 4.67. The van der Waals surface area contributed by atoms with E-state index in [-0.39, 0.29) is 5.75 Å². The summed E-state index contributed by atoms with van der Waals surface area (Å²) in [6.45, 7) is 4.27. The van der Waals surface area contributed by atoms with Crippen molar-refractivity contribution < 1.29 is 27.6 Å². The Kier molecular flexibility index (Phi) is 6.71. The molecule has 1 fully saturated rings. The molecule has 0 aromatic heterocycles. The van der Waals surface area contributed by atoms with Crippen LogP contribution >= 0.6 is 0 Å². The Morgan fingerprint density at radius 1 is 1.14 bits per heavy atom. The lowest BCUT2D eigenvalue weighted by molar-refractivity contribution is -0.385. The van der Waals surface area contributed by atoms with Gasteiger partial charge in [0.2, 0.25) is 5.75 Å². The third-order valence-electron chi connectivity index (χ3n) is 4.65. The van der Waals surface area contributed by atoms with Gasteiger partial charge in [0.15, 0.2) is 0 Å². The van der Waals surface area contributed by atoms with E-state index >= 15 is 0 Å². The quantitative estimate of drug-likeness (QED) is 0.490. The van der Waals surface area contributed by atoms with Crippen LogP contribution in [0.15, 0.2) is 42.5 Å². The third kappa shape index (κ3) is 5.91. The highest BCUT2D eigenvalue weighted by atomic mass is 19.4. The van der Waals surface area contributed by atoms with Crippen molar-refractivity contribution in [3.63, 3.8) is 0 Å². The van der Waals surface area contributed by atoms with E-state index in [1.165, 1.54) is 0 Å². The third-order valence-corrected chi connectivity index (χ3v) is 4.65. The minimum Gasteiger partial charge on any atom is -0.450 e. The Balaban J connectivity index is 1.67. The summed E-state index contributed by atoms with van der Waals surface area (Å²) in [6, 6.07) is 9.29. The van der Waals surface area contributed by atoms with E-state index in [0.29, 0.717) is 11.8 Å². The molecule has 0 N–H and O–H groups in total. The molecule has 1 aliphatic heterocycles. The van der Waals surface area contributed by atoms with Crippen LogP contribution in [0.1, 0.15) is 17.5 Å². The molecule has 9 heteroatoms. The molecule has 0 atom stereocenters. The highest BCUT2D eigenvalue weighted by Gasteiger charge is 2.33. The van der Waals surface area contributed by atoms with Crippen LogP contribution in [0.3, 0.4) is 0 Å². The van der Waals surface area contributed by atoms with Gasteiger partial charge >= 0.3 is 11.9 Å². The molecule has 0 saturated carbocycles. The van der Waals surface area contributed by atoms with Crippen molar-refractivity contribution in [1.29, 1.82) is 0 Å². The summed E-state index contributed by atoms with van der Waals surface area (Å²) < 4.78 is 49.3. The van der Waals surface area contributed by atoms with Gasteiger partial charge in [-0.25, -0.2) is 0 Å². The molecule has 1 aliphatic rings. The minimum atomic E-state index is -4.66. The average molecular weight is 410 g/mol. The van der Waals surface area contributed by atoms with E-state index in [9.17, 15) is 23.3 Å². The Morgan fingerprint density at radius 3 is 2.59 bits per heavy atom. The van der Waals surface area contributed by atoms with Crippen LogP contribution in [-0.4, -0.2) is 42.7 Å². The Labute approximate surface area is 166 Å². The van der Waals surface area contributed by atoms with Crippen LogP contribution in [0, 0.1) is 10.1 Å². The van der Waals surface area contributed by atoms with Crippen molar-refractivity contribution >= 4 is 5.69 Å². The number of nitro benzene ring substituents is 1. The molecule has 156 valence electrons. The number of rotatable bonds is 7. The van der Waals surface area contributed by atoms with Gasteiger partial charge in [0.25, 0.3) is 0 Å². The lowest BCUT2D eigenvalue weighted by Gasteiger charge is -2.26. The molecule has 2 aromatic carbocycles. The summed E-state index contributed by atoms with van der Waals surface area (Å²) in [6.07, 6.45) is -2.93. The van der Waals surface area contributed by atoms with E-state index in [1.807, 2.05) is 6.07 Å². The van der Waals surface area contributed by atoms with Gasteiger partial charge in [0.1, 0.15) is 5.75 Å². The summed E-state index contributed by atoms with van der Waals surface area (Å²) in [7, 11) is 0. The SMILES string of the molecule is O=[N+]([O-])c1cc(C(F)(F)F)ccc1Oc1cccc(CCCN2CCOCC2)c1. The number of morpholine rings is 1. The smallest absolute Gasteiger partial charge is 0.416 e. The molecule has 0 radical (unpaired) electrons. The van der Waals surface area contributed by atoms with E-state index in [4.69, 9.17) is 9.47 Å². The molecule has 3 rings (SSSR count). The normalized spacial score (nSPS) is 15.3. The van der Waals surface area contributed by atoms with Crippen LogP contribution < -0.4 is 4.74 Å². The maximum atomic E-state index is 12.8. The van der Waals surface area contributed by atoms with Gasteiger partial charge in [0.05, 0.1) is 23.7 Å². The highest BCUT2D eigenvalue weighted by molar-refractivity contribution is 5.51. The first-order chi connectivity index (χ1) is 13.8. The van der Waals surface area contributed by atoms with Gasteiger partial charge < -0.3 is 9.47 Å².